The average molecular weight is 216 g/mol. The van der Waals surface area contributed by atoms with Crippen molar-refractivity contribution in [2.45, 2.75) is 13.0 Å². The largest absolute Gasteiger partial charge is 0.368 e. The molecule has 0 spiro atoms. The summed E-state index contributed by atoms with van der Waals surface area (Å²) in [5.74, 6) is 3.68. The Bertz CT molecular complexity index is 337. The van der Waals surface area contributed by atoms with Crippen LogP contribution in [0.15, 0.2) is 0 Å². The van der Waals surface area contributed by atoms with Crippen molar-refractivity contribution in [3.05, 3.63) is 4.77 Å². The summed E-state index contributed by atoms with van der Waals surface area (Å²) in [6.45, 7) is 0.911. The molecular weight excluding hydrogens is 204 g/mol. The molecule has 0 radical (unpaired) electrons. The van der Waals surface area contributed by atoms with Gasteiger partial charge in [-0.1, -0.05) is 0 Å². The molecule has 2 heterocycles. The summed E-state index contributed by atoms with van der Waals surface area (Å²) in [4.78, 5) is 0. The van der Waals surface area contributed by atoms with E-state index >= 15 is 0 Å². The number of hydrogen-bond donors (Lipinski definition) is 2. The predicted molar refractivity (Wildman–Crippen MR) is 57.3 cm³/mol. The molecule has 1 aromatic rings. The van der Waals surface area contributed by atoms with Crippen LogP contribution in [0.2, 0.25) is 0 Å². The van der Waals surface area contributed by atoms with E-state index in [1.54, 1.807) is 0 Å². The Labute approximate surface area is 85.9 Å². The highest BCUT2D eigenvalue weighted by molar-refractivity contribution is 7.99. The van der Waals surface area contributed by atoms with Crippen molar-refractivity contribution in [2.75, 3.05) is 17.2 Å². The van der Waals surface area contributed by atoms with E-state index < -0.39 is 0 Å². The van der Waals surface area contributed by atoms with Gasteiger partial charge in [0.25, 0.3) is 0 Å². The van der Waals surface area contributed by atoms with Crippen LogP contribution in [-0.2, 0) is 6.54 Å². The quantitative estimate of drug-likeness (QED) is 0.731. The summed E-state index contributed by atoms with van der Waals surface area (Å²) in [6, 6.07) is 0. The van der Waals surface area contributed by atoms with Crippen LogP contribution in [0.3, 0.4) is 0 Å². The first-order chi connectivity index (χ1) is 6.27. The SMILES string of the molecule is Nc1n[nH]c(=S)n1CC1CCSC1. The maximum Gasteiger partial charge on any atom is 0.220 e. The van der Waals surface area contributed by atoms with Crippen LogP contribution >= 0.6 is 24.0 Å². The van der Waals surface area contributed by atoms with Gasteiger partial charge in [-0.25, -0.2) is 5.10 Å². The smallest absolute Gasteiger partial charge is 0.220 e. The van der Waals surface area contributed by atoms with Crippen molar-refractivity contribution >= 4 is 29.9 Å². The molecule has 0 bridgehead atoms. The predicted octanol–water partition coefficient (Wildman–Crippen LogP) is 1.28. The molecule has 4 nitrogen and oxygen atoms in total. The van der Waals surface area contributed by atoms with Crippen LogP contribution in [0.4, 0.5) is 5.95 Å². The van der Waals surface area contributed by atoms with Crippen LogP contribution in [0.5, 0.6) is 0 Å². The first-order valence-corrected chi connectivity index (χ1v) is 5.82. The number of rotatable bonds is 2. The third-order valence-corrected chi connectivity index (χ3v) is 3.80. The van der Waals surface area contributed by atoms with Gasteiger partial charge in [0.1, 0.15) is 0 Å². The molecule has 1 atom stereocenters. The number of nitrogen functional groups attached to an aromatic ring is 1. The summed E-state index contributed by atoms with van der Waals surface area (Å²) < 4.78 is 2.51. The number of nitrogens with one attached hydrogen (secondary N) is 1. The topological polar surface area (TPSA) is 59.6 Å². The third kappa shape index (κ3) is 1.88. The Morgan fingerprint density at radius 2 is 2.62 bits per heavy atom. The maximum atomic E-state index is 5.67. The second-order valence-corrected chi connectivity index (χ2v) is 4.76. The van der Waals surface area contributed by atoms with Gasteiger partial charge >= 0.3 is 0 Å². The normalized spacial score (nSPS) is 22.3. The number of anilines is 1. The van der Waals surface area contributed by atoms with Crippen molar-refractivity contribution in [1.82, 2.24) is 14.8 Å². The molecule has 3 N–H and O–H groups in total. The first kappa shape index (κ1) is 9.08. The molecule has 1 saturated heterocycles. The minimum absolute atomic E-state index is 0.502. The van der Waals surface area contributed by atoms with Gasteiger partial charge in [-0.3, -0.25) is 4.57 Å². The van der Waals surface area contributed by atoms with Crippen LogP contribution in [-0.4, -0.2) is 26.3 Å². The lowest BCUT2D eigenvalue weighted by Crippen LogP contribution is -2.12. The van der Waals surface area contributed by atoms with Gasteiger partial charge in [-0.15, -0.1) is 5.10 Å². The summed E-state index contributed by atoms with van der Waals surface area (Å²) >= 11 is 7.06. The van der Waals surface area contributed by atoms with Gasteiger partial charge in [0, 0.05) is 6.54 Å². The maximum absolute atomic E-state index is 5.67. The Morgan fingerprint density at radius 3 is 3.15 bits per heavy atom. The van der Waals surface area contributed by atoms with Crippen LogP contribution in [0, 0.1) is 10.7 Å². The lowest BCUT2D eigenvalue weighted by atomic mass is 10.1. The number of H-pyrrole nitrogens is 1. The fraction of sp³-hybridized carbons (Fsp3) is 0.714. The van der Waals surface area contributed by atoms with Gasteiger partial charge in [0.2, 0.25) is 5.95 Å². The zero-order chi connectivity index (χ0) is 9.26. The minimum atomic E-state index is 0.502. The highest BCUT2D eigenvalue weighted by Gasteiger charge is 2.17. The molecule has 13 heavy (non-hydrogen) atoms. The zero-order valence-electron chi connectivity index (χ0n) is 7.19. The highest BCUT2D eigenvalue weighted by Crippen LogP contribution is 2.25. The number of aromatic nitrogens is 3. The summed E-state index contributed by atoms with van der Waals surface area (Å²) in [5.41, 5.74) is 5.67. The molecule has 6 heteroatoms. The van der Waals surface area contributed by atoms with Crippen molar-refractivity contribution < 1.29 is 0 Å². The van der Waals surface area contributed by atoms with Crippen LogP contribution in [0.25, 0.3) is 0 Å². The van der Waals surface area contributed by atoms with Gasteiger partial charge < -0.3 is 5.73 Å². The van der Waals surface area contributed by atoms with Crippen LogP contribution < -0.4 is 5.73 Å². The monoisotopic (exact) mass is 216 g/mol. The fourth-order valence-electron chi connectivity index (χ4n) is 1.49. The molecule has 1 unspecified atom stereocenters. The highest BCUT2D eigenvalue weighted by atomic mass is 32.2. The number of thioether (sulfide) groups is 1. The molecule has 1 aliphatic heterocycles. The molecule has 0 amide bonds. The molecule has 0 saturated carbocycles. The number of nitrogens with two attached hydrogens (primary N) is 1. The minimum Gasteiger partial charge on any atom is -0.368 e. The lowest BCUT2D eigenvalue weighted by molar-refractivity contribution is 0.492. The Morgan fingerprint density at radius 1 is 1.77 bits per heavy atom. The first-order valence-electron chi connectivity index (χ1n) is 4.26. The van der Waals surface area contributed by atoms with Crippen molar-refractivity contribution in [3.63, 3.8) is 0 Å². The molecule has 0 aromatic carbocycles. The van der Waals surface area contributed by atoms with E-state index in [1.165, 1.54) is 17.9 Å². The molecule has 72 valence electrons. The second-order valence-electron chi connectivity index (χ2n) is 3.23. The molecule has 2 rings (SSSR count). The number of aromatic amines is 1. The van der Waals surface area contributed by atoms with Gasteiger partial charge in [-0.05, 0) is 36.1 Å². The fourth-order valence-corrected chi connectivity index (χ4v) is 2.98. The van der Waals surface area contributed by atoms with E-state index in [2.05, 4.69) is 10.2 Å². The van der Waals surface area contributed by atoms with Crippen molar-refractivity contribution in [1.29, 1.82) is 0 Å². The van der Waals surface area contributed by atoms with E-state index in [0.29, 0.717) is 16.6 Å². The summed E-state index contributed by atoms with van der Waals surface area (Å²) in [5, 5.41) is 6.57. The standard InChI is InChI=1S/C7H12N4S2/c8-6-9-10-7(12)11(6)3-5-1-2-13-4-5/h5H,1-4H2,(H2,8,9)(H,10,12). The Hall–Kier alpha value is -0.490. The number of nitrogens with zero attached hydrogens (tertiary/aromatic N) is 2. The summed E-state index contributed by atoms with van der Waals surface area (Å²) in [6.07, 6.45) is 1.26. The second kappa shape index (κ2) is 3.71. The Balaban J connectivity index is 2.12. The molecule has 0 aliphatic carbocycles. The van der Waals surface area contributed by atoms with E-state index in [0.717, 1.165) is 6.54 Å². The Kier molecular flexibility index (Phi) is 2.59. The molecular formula is C7H12N4S2. The van der Waals surface area contributed by atoms with E-state index in [4.69, 9.17) is 18.0 Å². The zero-order valence-corrected chi connectivity index (χ0v) is 8.83. The van der Waals surface area contributed by atoms with Crippen LogP contribution in [0.1, 0.15) is 6.42 Å². The van der Waals surface area contributed by atoms with Gasteiger partial charge in [0.05, 0.1) is 0 Å². The lowest BCUT2D eigenvalue weighted by Gasteiger charge is -2.08. The van der Waals surface area contributed by atoms with E-state index in [1.807, 2.05) is 16.3 Å². The van der Waals surface area contributed by atoms with Gasteiger partial charge in [-0.2, -0.15) is 11.8 Å². The van der Waals surface area contributed by atoms with E-state index in [9.17, 15) is 0 Å². The van der Waals surface area contributed by atoms with Crippen molar-refractivity contribution in [3.8, 4) is 0 Å². The van der Waals surface area contributed by atoms with Crippen molar-refractivity contribution in [2.24, 2.45) is 5.92 Å². The average Bonchev–Trinajstić information content (AvgIpc) is 2.70. The van der Waals surface area contributed by atoms with E-state index in [-0.39, 0.29) is 0 Å². The van der Waals surface area contributed by atoms with Gasteiger partial charge in [0.15, 0.2) is 4.77 Å². The molecule has 1 aliphatic rings. The third-order valence-electron chi connectivity index (χ3n) is 2.25. The number of hydrogen-bond acceptors (Lipinski definition) is 4. The summed E-state index contributed by atoms with van der Waals surface area (Å²) in [7, 11) is 0. The molecule has 1 fully saturated rings. The molecule has 1 aromatic heterocycles.